The highest BCUT2D eigenvalue weighted by molar-refractivity contribution is 6.12. The van der Waals surface area contributed by atoms with Crippen LogP contribution >= 0.6 is 0 Å². The summed E-state index contributed by atoms with van der Waals surface area (Å²) in [6.45, 7) is 9.92. The summed E-state index contributed by atoms with van der Waals surface area (Å²) in [5, 5.41) is 12.7. The van der Waals surface area contributed by atoms with Crippen molar-refractivity contribution in [2.75, 3.05) is 26.3 Å². The second-order valence-electron chi connectivity index (χ2n) is 11.3. The molecule has 0 bridgehead atoms. The highest BCUT2D eigenvalue weighted by atomic mass is 16.5. The van der Waals surface area contributed by atoms with Gasteiger partial charge in [0.05, 0.1) is 19.3 Å². The monoisotopic (exact) mass is 477 g/mol. The zero-order valence-corrected chi connectivity index (χ0v) is 21.8. The number of ether oxygens (including phenoxy) is 1. The Morgan fingerprint density at radius 2 is 1.89 bits per heavy atom. The van der Waals surface area contributed by atoms with Crippen molar-refractivity contribution in [3.63, 3.8) is 0 Å². The Kier molecular flexibility index (Phi) is 7.47. The van der Waals surface area contributed by atoms with Crippen molar-refractivity contribution >= 4 is 11.8 Å². The summed E-state index contributed by atoms with van der Waals surface area (Å²) in [4.78, 5) is 9.72. The van der Waals surface area contributed by atoms with E-state index in [0.29, 0.717) is 31.0 Å². The zero-order chi connectivity index (χ0) is 24.4. The van der Waals surface area contributed by atoms with E-state index in [9.17, 15) is 0 Å². The van der Waals surface area contributed by atoms with Gasteiger partial charge < -0.3 is 19.9 Å². The van der Waals surface area contributed by atoms with Gasteiger partial charge in [-0.15, -0.1) is 0 Å². The lowest BCUT2D eigenvalue weighted by molar-refractivity contribution is 0.0208. The lowest BCUT2D eigenvalue weighted by Gasteiger charge is -2.41. The minimum atomic E-state index is 0.117. The largest absolute Gasteiger partial charge is 0.384 e. The van der Waals surface area contributed by atoms with Crippen LogP contribution in [-0.4, -0.2) is 53.9 Å². The first-order valence-electron chi connectivity index (χ1n) is 13.8. The molecule has 2 atom stereocenters. The van der Waals surface area contributed by atoms with Gasteiger partial charge in [-0.05, 0) is 62.8 Å². The molecule has 2 saturated carbocycles. The molecule has 3 fully saturated rings. The van der Waals surface area contributed by atoms with Crippen LogP contribution in [0.15, 0.2) is 46.7 Å². The number of benzene rings is 1. The van der Waals surface area contributed by atoms with E-state index in [1.54, 1.807) is 0 Å². The Morgan fingerprint density at radius 3 is 2.57 bits per heavy atom. The third-order valence-corrected chi connectivity index (χ3v) is 8.75. The van der Waals surface area contributed by atoms with Crippen LogP contribution in [0.25, 0.3) is 0 Å². The Hall–Kier alpha value is -2.34. The molecule has 2 heterocycles. The molecular weight excluding hydrogens is 434 g/mol. The molecule has 6 heteroatoms. The summed E-state index contributed by atoms with van der Waals surface area (Å²) in [7, 11) is 0. The molecular formula is C29H43N5O. The van der Waals surface area contributed by atoms with Gasteiger partial charge in [-0.2, -0.15) is 4.99 Å². The number of guanidine groups is 1. The molecule has 2 aliphatic heterocycles. The molecule has 0 amide bonds. The number of nitrogens with zero attached hydrogens (tertiary/aromatic N) is 3. The fourth-order valence-corrected chi connectivity index (χ4v) is 6.25. The number of hydrogen-bond acceptors (Lipinski definition) is 5. The molecule has 0 radical (unpaired) electrons. The van der Waals surface area contributed by atoms with E-state index in [4.69, 9.17) is 15.1 Å². The van der Waals surface area contributed by atoms with E-state index in [1.807, 2.05) is 0 Å². The van der Waals surface area contributed by atoms with E-state index in [2.05, 4.69) is 66.2 Å². The standard InChI is InChI=1S/C29H43N5O/c1-20-12-14-23(15-13-20)18-34-27(22(3)31-21(2)24-10-7-11-24)28(30)32-29(34)33-16-17-35-19-26(33)25-8-5-4-6-9-25/h4-6,8-9,20-21,23-24,26,30-31H,7,10-19H2,1-3H3/b27-22-,30-28?/t20-,21-,23-,26+/m1/s1. The lowest BCUT2D eigenvalue weighted by atomic mass is 9.80. The highest BCUT2D eigenvalue weighted by Crippen LogP contribution is 2.35. The summed E-state index contributed by atoms with van der Waals surface area (Å²) in [5.74, 6) is 3.56. The summed E-state index contributed by atoms with van der Waals surface area (Å²) >= 11 is 0. The van der Waals surface area contributed by atoms with E-state index >= 15 is 0 Å². The minimum Gasteiger partial charge on any atom is -0.384 e. The highest BCUT2D eigenvalue weighted by Gasteiger charge is 2.39. The fraction of sp³-hybridized carbons (Fsp3) is 0.655. The maximum Gasteiger partial charge on any atom is 0.208 e. The third-order valence-electron chi connectivity index (χ3n) is 8.75. The van der Waals surface area contributed by atoms with Gasteiger partial charge in [-0.25, -0.2) is 0 Å². The van der Waals surface area contributed by atoms with Crippen molar-refractivity contribution in [3.8, 4) is 0 Å². The van der Waals surface area contributed by atoms with Gasteiger partial charge in [0.1, 0.15) is 5.70 Å². The third kappa shape index (κ3) is 5.28. The topological polar surface area (TPSA) is 64.0 Å². The number of allylic oxidation sites excluding steroid dienone is 1. The number of morpholine rings is 1. The fourth-order valence-electron chi connectivity index (χ4n) is 6.25. The normalized spacial score (nSPS) is 30.1. The van der Waals surface area contributed by atoms with Gasteiger partial charge in [0.2, 0.25) is 5.96 Å². The van der Waals surface area contributed by atoms with E-state index < -0.39 is 0 Å². The minimum absolute atomic E-state index is 0.117. The molecule has 1 aromatic carbocycles. The number of aliphatic imine (C=N–C) groups is 1. The zero-order valence-electron chi connectivity index (χ0n) is 21.8. The van der Waals surface area contributed by atoms with Crippen LogP contribution in [0.3, 0.4) is 0 Å². The van der Waals surface area contributed by atoms with Crippen LogP contribution in [0, 0.1) is 23.2 Å². The van der Waals surface area contributed by atoms with Crippen LogP contribution in [-0.2, 0) is 4.74 Å². The smallest absolute Gasteiger partial charge is 0.208 e. The summed E-state index contributed by atoms with van der Waals surface area (Å²) in [6, 6.07) is 11.2. The average molecular weight is 478 g/mol. The van der Waals surface area contributed by atoms with E-state index in [-0.39, 0.29) is 6.04 Å². The number of rotatable bonds is 6. The molecule has 5 rings (SSSR count). The van der Waals surface area contributed by atoms with Gasteiger partial charge in [-0.1, -0.05) is 56.5 Å². The van der Waals surface area contributed by atoms with E-state index in [0.717, 1.165) is 42.3 Å². The average Bonchev–Trinajstić information content (AvgIpc) is 3.15. The van der Waals surface area contributed by atoms with Crippen molar-refractivity contribution in [3.05, 3.63) is 47.3 Å². The van der Waals surface area contributed by atoms with Crippen molar-refractivity contribution < 1.29 is 4.74 Å². The van der Waals surface area contributed by atoms with Crippen LogP contribution < -0.4 is 5.32 Å². The van der Waals surface area contributed by atoms with E-state index in [1.165, 1.54) is 50.5 Å². The molecule has 1 saturated heterocycles. The van der Waals surface area contributed by atoms with Crippen LogP contribution in [0.5, 0.6) is 0 Å². The molecule has 2 N–H and O–H groups in total. The molecule has 35 heavy (non-hydrogen) atoms. The number of nitrogens with one attached hydrogen (secondary N) is 2. The van der Waals surface area contributed by atoms with Crippen molar-refractivity contribution in [1.29, 1.82) is 5.41 Å². The molecule has 1 aromatic rings. The second kappa shape index (κ2) is 10.7. The van der Waals surface area contributed by atoms with Crippen molar-refractivity contribution in [2.24, 2.45) is 22.7 Å². The van der Waals surface area contributed by atoms with Gasteiger partial charge in [0, 0.05) is 24.8 Å². The first-order chi connectivity index (χ1) is 17.0. The summed E-state index contributed by atoms with van der Waals surface area (Å²) < 4.78 is 5.93. The lowest BCUT2D eigenvalue weighted by Crippen LogP contribution is -2.50. The van der Waals surface area contributed by atoms with Gasteiger partial charge in [-0.3, -0.25) is 5.41 Å². The van der Waals surface area contributed by atoms with Crippen molar-refractivity contribution in [1.82, 2.24) is 15.1 Å². The molecule has 4 aliphatic rings. The molecule has 6 nitrogen and oxygen atoms in total. The SMILES string of the molecule is C/C(N[C@H](C)C1CCC1)=C1\C(=N)N=C(N2CCOC[C@H]2c2ccccc2)N1C[C@H]1CC[C@H](C)CC1. The molecule has 190 valence electrons. The maximum atomic E-state index is 8.96. The van der Waals surface area contributed by atoms with Crippen molar-refractivity contribution in [2.45, 2.75) is 77.8 Å². The Balaban J connectivity index is 1.44. The second-order valence-corrected chi connectivity index (χ2v) is 11.3. The number of hydrogen-bond donors (Lipinski definition) is 2. The molecule has 0 spiro atoms. The van der Waals surface area contributed by atoms with Crippen LogP contribution in [0.1, 0.15) is 77.3 Å². The van der Waals surface area contributed by atoms with Crippen LogP contribution in [0.2, 0.25) is 0 Å². The number of amidine groups is 1. The Labute approximate surface area is 211 Å². The first-order valence-corrected chi connectivity index (χ1v) is 13.8. The van der Waals surface area contributed by atoms with Gasteiger partial charge >= 0.3 is 0 Å². The maximum absolute atomic E-state index is 8.96. The Bertz CT molecular complexity index is 945. The Morgan fingerprint density at radius 1 is 1.14 bits per heavy atom. The van der Waals surface area contributed by atoms with Gasteiger partial charge in [0.15, 0.2) is 5.84 Å². The predicted octanol–water partition coefficient (Wildman–Crippen LogP) is 5.54. The van der Waals surface area contributed by atoms with Crippen LogP contribution in [0.4, 0.5) is 0 Å². The molecule has 0 aromatic heterocycles. The van der Waals surface area contributed by atoms with Gasteiger partial charge in [0.25, 0.3) is 0 Å². The quantitative estimate of drug-likeness (QED) is 0.564. The summed E-state index contributed by atoms with van der Waals surface area (Å²) in [5.41, 5.74) is 3.32. The first kappa shape index (κ1) is 24.4. The predicted molar refractivity (Wildman–Crippen MR) is 142 cm³/mol. The molecule has 2 aliphatic carbocycles. The molecule has 0 unspecified atom stereocenters. The summed E-state index contributed by atoms with van der Waals surface area (Å²) in [6.07, 6.45) is 9.12.